The minimum Gasteiger partial charge on any atom is -0.418 e. The number of piperidine rings is 1. The minimum atomic E-state index is -3.10. The van der Waals surface area contributed by atoms with Crippen LogP contribution < -0.4 is 5.32 Å². The number of aryl methyl sites for hydroxylation is 1. The van der Waals surface area contributed by atoms with Crippen molar-refractivity contribution in [3.63, 3.8) is 0 Å². The average Bonchev–Trinajstić information content (AvgIpc) is 3.15. The molecule has 1 atom stereocenters. The fourth-order valence-electron chi connectivity index (χ4n) is 3.13. The molecule has 25 heavy (non-hydrogen) atoms. The fourth-order valence-corrected chi connectivity index (χ4v) is 4.08. The summed E-state index contributed by atoms with van der Waals surface area (Å²) in [7, 11) is -1.14. The summed E-state index contributed by atoms with van der Waals surface area (Å²) >= 11 is 0. The van der Waals surface area contributed by atoms with Gasteiger partial charge in [0.2, 0.25) is 15.9 Å². The zero-order chi connectivity index (χ0) is 18.0. The van der Waals surface area contributed by atoms with E-state index in [0.29, 0.717) is 37.3 Å². The number of aromatic nitrogens is 3. The van der Waals surface area contributed by atoms with E-state index >= 15 is 0 Å². The van der Waals surface area contributed by atoms with Gasteiger partial charge in [-0.05, 0) is 44.4 Å². The first-order valence-corrected chi connectivity index (χ1v) is 10.3. The van der Waals surface area contributed by atoms with Gasteiger partial charge < -0.3 is 14.3 Å². The van der Waals surface area contributed by atoms with Crippen molar-refractivity contribution in [3.05, 3.63) is 23.7 Å². The molecular weight excluding hydrogens is 342 g/mol. The van der Waals surface area contributed by atoms with Crippen molar-refractivity contribution >= 4 is 10.0 Å². The largest absolute Gasteiger partial charge is 0.418 e. The second-order valence-corrected chi connectivity index (χ2v) is 8.66. The van der Waals surface area contributed by atoms with Crippen LogP contribution in [0.15, 0.2) is 16.5 Å². The van der Waals surface area contributed by atoms with Gasteiger partial charge in [-0.2, -0.15) is 0 Å². The van der Waals surface area contributed by atoms with E-state index in [1.807, 2.05) is 30.7 Å². The highest BCUT2D eigenvalue weighted by atomic mass is 32.2. The number of nitrogens with zero attached hydrogens (tertiary/aromatic N) is 4. The average molecular weight is 367 g/mol. The fraction of sp³-hybridized carbons (Fsp3) is 0.625. The molecule has 3 heterocycles. The Kier molecular flexibility index (Phi) is 5.26. The van der Waals surface area contributed by atoms with Crippen LogP contribution in [0, 0.1) is 12.8 Å². The van der Waals surface area contributed by atoms with Gasteiger partial charge in [-0.15, -0.1) is 10.2 Å². The molecule has 1 N–H and O–H groups in total. The molecule has 0 radical (unpaired) electrons. The van der Waals surface area contributed by atoms with Crippen LogP contribution in [0.5, 0.6) is 0 Å². The monoisotopic (exact) mass is 367 g/mol. The molecule has 9 heteroatoms. The molecule has 2 aromatic rings. The summed E-state index contributed by atoms with van der Waals surface area (Å²) in [5, 5.41) is 11.5. The summed E-state index contributed by atoms with van der Waals surface area (Å²) < 4.78 is 32.6. The molecule has 138 valence electrons. The molecule has 0 aromatic carbocycles. The van der Waals surface area contributed by atoms with Crippen molar-refractivity contribution < 1.29 is 12.8 Å². The summed E-state index contributed by atoms with van der Waals surface area (Å²) in [5.41, 5.74) is 2.02. The molecule has 1 fully saturated rings. The first-order valence-electron chi connectivity index (χ1n) is 8.45. The van der Waals surface area contributed by atoms with Crippen molar-refractivity contribution in [1.82, 2.24) is 24.4 Å². The number of sulfonamides is 1. The molecule has 0 bridgehead atoms. The summed E-state index contributed by atoms with van der Waals surface area (Å²) in [6.45, 7) is 4.42. The SMILES string of the molecule is Cc1ccc(-c2nnc(CNC[C@@H]3CCCN(S(C)(=O)=O)C3)o2)n1C. The molecule has 1 aliphatic rings. The molecule has 1 aliphatic heterocycles. The van der Waals surface area contributed by atoms with Crippen LogP contribution in [0.1, 0.15) is 24.4 Å². The van der Waals surface area contributed by atoms with Gasteiger partial charge in [-0.3, -0.25) is 0 Å². The van der Waals surface area contributed by atoms with Crippen molar-refractivity contribution in [3.8, 4) is 11.6 Å². The second-order valence-electron chi connectivity index (χ2n) is 6.68. The van der Waals surface area contributed by atoms with Crippen LogP contribution >= 0.6 is 0 Å². The highest BCUT2D eigenvalue weighted by molar-refractivity contribution is 7.88. The van der Waals surface area contributed by atoms with Crippen LogP contribution in [0.4, 0.5) is 0 Å². The molecule has 1 saturated heterocycles. The highest BCUT2D eigenvalue weighted by Crippen LogP contribution is 2.20. The first-order chi connectivity index (χ1) is 11.8. The lowest BCUT2D eigenvalue weighted by Gasteiger charge is -2.30. The molecular formula is C16H25N5O3S. The van der Waals surface area contributed by atoms with Crippen LogP contribution in [-0.2, 0) is 23.6 Å². The number of nitrogens with one attached hydrogen (secondary N) is 1. The quantitative estimate of drug-likeness (QED) is 0.823. The van der Waals surface area contributed by atoms with E-state index in [0.717, 1.165) is 30.8 Å². The topological polar surface area (TPSA) is 93.3 Å². The molecule has 2 aromatic heterocycles. The molecule has 0 amide bonds. The molecule has 8 nitrogen and oxygen atoms in total. The van der Waals surface area contributed by atoms with Crippen LogP contribution in [0.25, 0.3) is 11.6 Å². The van der Waals surface area contributed by atoms with E-state index in [-0.39, 0.29) is 0 Å². The lowest BCUT2D eigenvalue weighted by molar-refractivity contribution is 0.259. The Bertz CT molecular complexity index is 827. The summed E-state index contributed by atoms with van der Waals surface area (Å²) in [4.78, 5) is 0. The summed E-state index contributed by atoms with van der Waals surface area (Å²) in [6, 6.07) is 3.97. The second kappa shape index (κ2) is 7.27. The van der Waals surface area contributed by atoms with E-state index in [9.17, 15) is 8.42 Å². The zero-order valence-corrected chi connectivity index (χ0v) is 15.7. The van der Waals surface area contributed by atoms with Crippen molar-refractivity contribution in [2.24, 2.45) is 13.0 Å². The van der Waals surface area contributed by atoms with Gasteiger partial charge in [0.15, 0.2) is 0 Å². The van der Waals surface area contributed by atoms with Gasteiger partial charge in [0, 0.05) is 25.8 Å². The Morgan fingerprint density at radius 1 is 1.36 bits per heavy atom. The normalized spacial score (nSPS) is 19.4. The molecule has 0 aliphatic carbocycles. The highest BCUT2D eigenvalue weighted by Gasteiger charge is 2.25. The number of hydrogen-bond acceptors (Lipinski definition) is 6. The maximum Gasteiger partial charge on any atom is 0.264 e. The molecule has 0 spiro atoms. The van der Waals surface area contributed by atoms with Crippen LogP contribution in [0.3, 0.4) is 0 Å². The lowest BCUT2D eigenvalue weighted by atomic mass is 10.00. The third kappa shape index (κ3) is 4.28. The third-order valence-corrected chi connectivity index (χ3v) is 5.99. The number of rotatable bonds is 6. The smallest absolute Gasteiger partial charge is 0.264 e. The van der Waals surface area contributed by atoms with Gasteiger partial charge in [0.05, 0.1) is 12.8 Å². The van der Waals surface area contributed by atoms with E-state index < -0.39 is 10.0 Å². The van der Waals surface area contributed by atoms with Crippen molar-refractivity contribution in [2.75, 3.05) is 25.9 Å². The minimum absolute atomic E-state index is 0.307. The van der Waals surface area contributed by atoms with Gasteiger partial charge in [-0.25, -0.2) is 12.7 Å². The van der Waals surface area contributed by atoms with Crippen molar-refractivity contribution in [2.45, 2.75) is 26.3 Å². The first kappa shape index (κ1) is 18.1. The van der Waals surface area contributed by atoms with E-state index in [1.165, 1.54) is 6.26 Å². The zero-order valence-electron chi connectivity index (χ0n) is 14.9. The van der Waals surface area contributed by atoms with Gasteiger partial charge in [0.1, 0.15) is 5.69 Å². The Morgan fingerprint density at radius 2 is 2.16 bits per heavy atom. The van der Waals surface area contributed by atoms with E-state index in [1.54, 1.807) is 4.31 Å². The van der Waals surface area contributed by atoms with Gasteiger partial charge in [0.25, 0.3) is 5.89 Å². The molecule has 3 rings (SSSR count). The predicted molar refractivity (Wildman–Crippen MR) is 94.3 cm³/mol. The van der Waals surface area contributed by atoms with Crippen LogP contribution in [0.2, 0.25) is 0 Å². The molecule has 0 unspecified atom stereocenters. The Balaban J connectivity index is 1.52. The maximum atomic E-state index is 11.7. The van der Waals surface area contributed by atoms with Crippen molar-refractivity contribution in [1.29, 1.82) is 0 Å². The summed E-state index contributed by atoms with van der Waals surface area (Å²) in [6.07, 6.45) is 3.20. The molecule has 0 saturated carbocycles. The van der Waals surface area contributed by atoms with Gasteiger partial charge in [-0.1, -0.05) is 0 Å². The Morgan fingerprint density at radius 3 is 2.84 bits per heavy atom. The standard InChI is InChI=1S/C16H25N5O3S/c1-12-6-7-14(20(12)2)16-19-18-15(24-16)10-17-9-13-5-4-8-21(11-13)25(3,22)23/h6-7,13,17H,4-5,8-11H2,1-3H3/t13-/m0/s1. The Hall–Kier alpha value is -1.71. The maximum absolute atomic E-state index is 11.7. The lowest BCUT2D eigenvalue weighted by Crippen LogP contribution is -2.42. The number of hydrogen-bond donors (Lipinski definition) is 1. The van der Waals surface area contributed by atoms with E-state index in [4.69, 9.17) is 4.42 Å². The Labute approximate surface area is 148 Å². The van der Waals surface area contributed by atoms with Gasteiger partial charge >= 0.3 is 0 Å². The predicted octanol–water partition coefficient (Wildman–Crippen LogP) is 1.14. The van der Waals surface area contributed by atoms with Crippen LogP contribution in [-0.4, -0.2) is 53.4 Å². The summed E-state index contributed by atoms with van der Waals surface area (Å²) in [5.74, 6) is 1.35. The van der Waals surface area contributed by atoms with E-state index in [2.05, 4.69) is 15.5 Å². The third-order valence-electron chi connectivity index (χ3n) is 4.72.